The van der Waals surface area contributed by atoms with Gasteiger partial charge in [-0.3, -0.25) is 4.79 Å². The van der Waals surface area contributed by atoms with Crippen molar-refractivity contribution in [3.8, 4) is 0 Å². The first-order valence-corrected chi connectivity index (χ1v) is 4.05. The molecule has 0 aromatic heterocycles. The minimum atomic E-state index is -1.29. The van der Waals surface area contributed by atoms with Gasteiger partial charge in [-0.1, -0.05) is 13.8 Å². The number of hydrogen-bond donors (Lipinski definition) is 1. The smallest absolute Gasteiger partial charge is 0.184 e. The topological polar surface area (TPSA) is 46.5 Å². The Balaban J connectivity index is 2.81. The molecule has 68 valence electrons. The van der Waals surface area contributed by atoms with Gasteiger partial charge in [0.05, 0.1) is 0 Å². The van der Waals surface area contributed by atoms with E-state index in [0.717, 1.165) is 0 Å². The van der Waals surface area contributed by atoms with Crippen LogP contribution in [0.3, 0.4) is 0 Å². The Morgan fingerprint density at radius 3 is 2.67 bits per heavy atom. The third kappa shape index (κ3) is 1.93. The van der Waals surface area contributed by atoms with Gasteiger partial charge in [0, 0.05) is 0 Å². The maximum atomic E-state index is 11.2. The highest BCUT2D eigenvalue weighted by atomic mass is 16.6. The Bertz CT molecular complexity index is 216. The van der Waals surface area contributed by atoms with Crippen LogP contribution in [0.15, 0.2) is 12.2 Å². The molecule has 0 bridgehead atoms. The lowest BCUT2D eigenvalue weighted by Gasteiger charge is -2.31. The van der Waals surface area contributed by atoms with E-state index in [1.165, 1.54) is 19.1 Å². The largest absolute Gasteiger partial charge is 0.362 e. The summed E-state index contributed by atoms with van der Waals surface area (Å²) in [4.78, 5) is 11.2. The third-order valence-corrected chi connectivity index (χ3v) is 1.81. The summed E-state index contributed by atoms with van der Waals surface area (Å²) in [7, 11) is 0. The lowest BCUT2D eigenvalue weighted by Crippen LogP contribution is -2.42. The number of rotatable bonds is 1. The fraction of sp³-hybridized carbons (Fsp3) is 0.667. The summed E-state index contributed by atoms with van der Waals surface area (Å²) in [6.07, 6.45) is 2.24. The molecule has 0 aliphatic carbocycles. The molecule has 0 aromatic carbocycles. The second-order valence-electron chi connectivity index (χ2n) is 3.57. The minimum absolute atomic E-state index is 0.0727. The first-order chi connectivity index (χ1) is 5.42. The van der Waals surface area contributed by atoms with E-state index >= 15 is 0 Å². The summed E-state index contributed by atoms with van der Waals surface area (Å²) in [6.45, 7) is 5.29. The van der Waals surface area contributed by atoms with E-state index in [4.69, 9.17) is 4.74 Å². The third-order valence-electron chi connectivity index (χ3n) is 1.81. The van der Waals surface area contributed by atoms with Gasteiger partial charge >= 0.3 is 0 Å². The average molecular weight is 170 g/mol. The van der Waals surface area contributed by atoms with Crippen LogP contribution in [0.2, 0.25) is 0 Å². The van der Waals surface area contributed by atoms with E-state index in [9.17, 15) is 9.90 Å². The van der Waals surface area contributed by atoms with E-state index in [0.29, 0.717) is 0 Å². The molecule has 2 unspecified atom stereocenters. The lowest BCUT2D eigenvalue weighted by molar-refractivity contribution is -0.200. The second kappa shape index (κ2) is 2.99. The van der Waals surface area contributed by atoms with Crippen molar-refractivity contribution in [2.75, 3.05) is 0 Å². The molecular formula is C9H14O3. The van der Waals surface area contributed by atoms with Crippen molar-refractivity contribution in [1.29, 1.82) is 0 Å². The van der Waals surface area contributed by atoms with Gasteiger partial charge in [-0.15, -0.1) is 0 Å². The maximum Gasteiger partial charge on any atom is 0.184 e. The highest BCUT2D eigenvalue weighted by molar-refractivity contribution is 5.94. The Kier molecular flexibility index (Phi) is 2.35. The zero-order valence-electron chi connectivity index (χ0n) is 7.57. The summed E-state index contributed by atoms with van der Waals surface area (Å²) in [5.74, 6) is -1.27. The van der Waals surface area contributed by atoms with E-state index in [-0.39, 0.29) is 11.7 Å². The van der Waals surface area contributed by atoms with Gasteiger partial charge < -0.3 is 9.84 Å². The quantitative estimate of drug-likeness (QED) is 0.635. The maximum absolute atomic E-state index is 11.2. The predicted molar refractivity (Wildman–Crippen MR) is 44.5 cm³/mol. The first-order valence-electron chi connectivity index (χ1n) is 4.05. The molecule has 0 aromatic rings. The molecular weight excluding hydrogens is 156 g/mol. The Morgan fingerprint density at radius 2 is 2.25 bits per heavy atom. The molecule has 0 radical (unpaired) electrons. The SMILES string of the molecule is CC(C)C1OC(C)(O)C=CC1=O. The zero-order valence-corrected chi connectivity index (χ0v) is 7.57. The number of hydrogen-bond acceptors (Lipinski definition) is 3. The molecule has 1 N–H and O–H groups in total. The van der Waals surface area contributed by atoms with Gasteiger partial charge in [0.25, 0.3) is 0 Å². The number of carbonyl (C=O) groups excluding carboxylic acids is 1. The molecule has 0 spiro atoms. The Morgan fingerprint density at radius 1 is 1.67 bits per heavy atom. The summed E-state index contributed by atoms with van der Waals surface area (Å²) in [5.41, 5.74) is 0. The number of ether oxygens (including phenoxy) is 1. The van der Waals surface area contributed by atoms with E-state index in [2.05, 4.69) is 0 Å². The van der Waals surface area contributed by atoms with Gasteiger partial charge in [-0.25, -0.2) is 0 Å². The molecule has 0 fully saturated rings. The van der Waals surface area contributed by atoms with Crippen molar-refractivity contribution in [2.24, 2.45) is 5.92 Å². The highest BCUT2D eigenvalue weighted by Crippen LogP contribution is 2.22. The molecule has 0 saturated heterocycles. The van der Waals surface area contributed by atoms with Crippen LogP contribution in [-0.4, -0.2) is 22.8 Å². The molecule has 1 rings (SSSR count). The summed E-state index contributed by atoms with van der Waals surface area (Å²) in [6, 6.07) is 0. The lowest BCUT2D eigenvalue weighted by atomic mass is 9.99. The number of aliphatic hydroxyl groups is 1. The first kappa shape index (κ1) is 9.42. The molecule has 1 aliphatic heterocycles. The minimum Gasteiger partial charge on any atom is -0.362 e. The summed E-state index contributed by atoms with van der Waals surface area (Å²) < 4.78 is 5.17. The predicted octanol–water partition coefficient (Wildman–Crippen LogP) is 0.875. The van der Waals surface area contributed by atoms with E-state index < -0.39 is 11.9 Å². The van der Waals surface area contributed by atoms with Crippen LogP contribution in [0.5, 0.6) is 0 Å². The van der Waals surface area contributed by atoms with Gasteiger partial charge in [-0.05, 0) is 25.0 Å². The van der Waals surface area contributed by atoms with Crippen molar-refractivity contribution in [3.63, 3.8) is 0 Å². The molecule has 1 heterocycles. The fourth-order valence-electron chi connectivity index (χ4n) is 1.15. The van der Waals surface area contributed by atoms with Crippen molar-refractivity contribution in [1.82, 2.24) is 0 Å². The van der Waals surface area contributed by atoms with Crippen molar-refractivity contribution < 1.29 is 14.6 Å². The average Bonchev–Trinajstić information content (AvgIpc) is 1.94. The Hall–Kier alpha value is -0.670. The molecule has 3 heteroatoms. The van der Waals surface area contributed by atoms with E-state index in [1.54, 1.807) is 0 Å². The summed E-state index contributed by atoms with van der Waals surface area (Å²) >= 11 is 0. The summed E-state index contributed by atoms with van der Waals surface area (Å²) in [5, 5.41) is 9.45. The van der Waals surface area contributed by atoms with Crippen molar-refractivity contribution >= 4 is 5.78 Å². The van der Waals surface area contributed by atoms with Crippen molar-refractivity contribution in [3.05, 3.63) is 12.2 Å². The molecule has 1 aliphatic rings. The molecule has 2 atom stereocenters. The van der Waals surface area contributed by atoms with Crippen LogP contribution < -0.4 is 0 Å². The van der Waals surface area contributed by atoms with Crippen LogP contribution in [0.4, 0.5) is 0 Å². The van der Waals surface area contributed by atoms with Gasteiger partial charge in [-0.2, -0.15) is 0 Å². The zero-order chi connectivity index (χ0) is 9.35. The molecule has 12 heavy (non-hydrogen) atoms. The van der Waals surface area contributed by atoms with Crippen LogP contribution in [-0.2, 0) is 9.53 Å². The van der Waals surface area contributed by atoms with Gasteiger partial charge in [0.15, 0.2) is 11.6 Å². The van der Waals surface area contributed by atoms with E-state index in [1.807, 2.05) is 13.8 Å². The van der Waals surface area contributed by atoms with Crippen molar-refractivity contribution in [2.45, 2.75) is 32.7 Å². The number of ketones is 1. The van der Waals surface area contributed by atoms with Gasteiger partial charge in [0.2, 0.25) is 0 Å². The number of carbonyl (C=O) groups is 1. The van der Waals surface area contributed by atoms with Crippen LogP contribution in [0.1, 0.15) is 20.8 Å². The monoisotopic (exact) mass is 170 g/mol. The van der Waals surface area contributed by atoms with Crippen LogP contribution in [0.25, 0.3) is 0 Å². The normalized spacial score (nSPS) is 36.1. The van der Waals surface area contributed by atoms with Gasteiger partial charge in [0.1, 0.15) is 6.10 Å². The molecule has 3 nitrogen and oxygen atoms in total. The van der Waals surface area contributed by atoms with Crippen LogP contribution >= 0.6 is 0 Å². The standard InChI is InChI=1S/C9H14O3/c1-6(2)8-7(10)4-5-9(3,11)12-8/h4-6,8,11H,1-3H3. The van der Waals surface area contributed by atoms with Crippen LogP contribution in [0, 0.1) is 5.92 Å². The molecule has 0 amide bonds. The Labute approximate surface area is 72.0 Å². The highest BCUT2D eigenvalue weighted by Gasteiger charge is 2.33. The fourth-order valence-corrected chi connectivity index (χ4v) is 1.15. The second-order valence-corrected chi connectivity index (χ2v) is 3.57. The molecule has 0 saturated carbocycles.